The number of hydrogen-bond acceptors (Lipinski definition) is 2. The van der Waals surface area contributed by atoms with E-state index in [1.54, 1.807) is 0 Å². The summed E-state index contributed by atoms with van der Waals surface area (Å²) in [7, 11) is 0. The molecule has 1 atom stereocenters. The van der Waals surface area contributed by atoms with Gasteiger partial charge in [0.2, 0.25) is 0 Å². The van der Waals surface area contributed by atoms with Gasteiger partial charge in [-0.3, -0.25) is 4.79 Å². The minimum absolute atomic E-state index is 0.0275. The van der Waals surface area contributed by atoms with E-state index < -0.39 is 5.97 Å². The second-order valence-electron chi connectivity index (χ2n) is 2.26. The summed E-state index contributed by atoms with van der Waals surface area (Å²) < 4.78 is 12.3. The lowest BCUT2D eigenvalue weighted by atomic mass is 10.1. The minimum Gasteiger partial charge on any atom is -0.481 e. The van der Waals surface area contributed by atoms with Crippen LogP contribution in [-0.2, 0) is 4.79 Å². The third-order valence-corrected chi connectivity index (χ3v) is 1.32. The van der Waals surface area contributed by atoms with E-state index in [2.05, 4.69) is 5.32 Å². The second kappa shape index (κ2) is 3.18. The first kappa shape index (κ1) is 7.78. The highest BCUT2D eigenvalue weighted by molar-refractivity contribution is 5.68. The van der Waals surface area contributed by atoms with Gasteiger partial charge in [-0.1, -0.05) is 6.08 Å². The quantitative estimate of drug-likeness (QED) is 0.623. The maximum Gasteiger partial charge on any atom is 0.305 e. The zero-order valence-corrected chi connectivity index (χ0v) is 5.75. The molecule has 0 amide bonds. The third-order valence-electron chi connectivity index (χ3n) is 1.32. The van der Waals surface area contributed by atoms with Gasteiger partial charge in [-0.25, -0.2) is 4.39 Å². The highest BCUT2D eigenvalue weighted by Gasteiger charge is 2.10. The van der Waals surface area contributed by atoms with Crippen LogP contribution < -0.4 is 5.32 Å². The molecule has 0 saturated heterocycles. The summed E-state index contributed by atoms with van der Waals surface area (Å²) in [5.41, 5.74) is 0. The molecule has 60 valence electrons. The van der Waals surface area contributed by atoms with Crippen molar-refractivity contribution >= 4 is 5.97 Å². The molecule has 1 heterocycles. The Kier molecular flexibility index (Phi) is 2.25. The first-order chi connectivity index (χ1) is 5.18. The predicted octanol–water partition coefficient (Wildman–Crippen LogP) is 0.800. The fraction of sp³-hybridized carbons (Fsp3) is 0.286. The Labute approximate surface area is 63.2 Å². The number of carbonyl (C=O) groups is 1. The van der Waals surface area contributed by atoms with Gasteiger partial charge in [0.05, 0.1) is 12.5 Å². The lowest BCUT2D eigenvalue weighted by molar-refractivity contribution is -0.137. The standard InChI is InChI=1S/C7H8FNO2/c8-5-1-2-6(9-4-5)3-7(10)11/h1-2,4,6,9H,3H2,(H,10,11). The van der Waals surface area contributed by atoms with Crippen LogP contribution in [0.2, 0.25) is 0 Å². The van der Waals surface area contributed by atoms with E-state index >= 15 is 0 Å². The van der Waals surface area contributed by atoms with Gasteiger partial charge in [0.25, 0.3) is 0 Å². The fourth-order valence-electron chi connectivity index (χ4n) is 0.813. The van der Waals surface area contributed by atoms with E-state index in [4.69, 9.17) is 5.11 Å². The van der Waals surface area contributed by atoms with Gasteiger partial charge < -0.3 is 10.4 Å². The van der Waals surface area contributed by atoms with E-state index in [-0.39, 0.29) is 18.3 Å². The van der Waals surface area contributed by atoms with Crippen LogP contribution in [0.15, 0.2) is 24.2 Å². The van der Waals surface area contributed by atoms with Gasteiger partial charge in [0, 0.05) is 6.20 Å². The van der Waals surface area contributed by atoms with Crippen LogP contribution in [-0.4, -0.2) is 17.1 Å². The van der Waals surface area contributed by atoms with Crippen LogP contribution in [0.5, 0.6) is 0 Å². The highest BCUT2D eigenvalue weighted by atomic mass is 19.1. The number of carboxylic acid groups (broad SMARTS) is 1. The van der Waals surface area contributed by atoms with Crippen molar-refractivity contribution in [1.29, 1.82) is 0 Å². The first-order valence-corrected chi connectivity index (χ1v) is 3.20. The molecular weight excluding hydrogens is 149 g/mol. The molecule has 0 radical (unpaired) electrons. The molecule has 1 aliphatic rings. The summed E-state index contributed by atoms with van der Waals surface area (Å²) >= 11 is 0. The van der Waals surface area contributed by atoms with Gasteiger partial charge in [-0.2, -0.15) is 0 Å². The molecule has 0 aliphatic carbocycles. The number of carboxylic acids is 1. The summed E-state index contributed by atoms with van der Waals surface area (Å²) in [4.78, 5) is 10.2. The molecule has 3 nitrogen and oxygen atoms in total. The minimum atomic E-state index is -0.900. The SMILES string of the molecule is O=C(O)CC1C=CC(F)=CN1. The number of allylic oxidation sites excluding steroid dienone is 2. The van der Waals surface area contributed by atoms with Crippen molar-refractivity contribution < 1.29 is 14.3 Å². The number of hydrogen-bond donors (Lipinski definition) is 2. The van der Waals surface area contributed by atoms with Crippen molar-refractivity contribution in [2.75, 3.05) is 0 Å². The molecule has 2 N–H and O–H groups in total. The Bertz CT molecular complexity index is 222. The lowest BCUT2D eigenvalue weighted by Crippen LogP contribution is -2.27. The van der Waals surface area contributed by atoms with Gasteiger partial charge in [-0.15, -0.1) is 0 Å². The highest BCUT2D eigenvalue weighted by Crippen LogP contribution is 2.06. The molecule has 0 fully saturated rings. The summed E-state index contributed by atoms with van der Waals surface area (Å²) in [6.45, 7) is 0. The molecule has 0 aromatic carbocycles. The molecule has 1 unspecified atom stereocenters. The molecular formula is C7H8FNO2. The monoisotopic (exact) mass is 157 g/mol. The predicted molar refractivity (Wildman–Crippen MR) is 37.5 cm³/mol. The van der Waals surface area contributed by atoms with Crippen molar-refractivity contribution in [2.24, 2.45) is 0 Å². The van der Waals surface area contributed by atoms with E-state index in [0.717, 1.165) is 6.20 Å². The molecule has 1 rings (SSSR count). The first-order valence-electron chi connectivity index (χ1n) is 3.20. The Morgan fingerprint density at radius 3 is 3.00 bits per heavy atom. The van der Waals surface area contributed by atoms with E-state index in [0.29, 0.717) is 0 Å². The topological polar surface area (TPSA) is 49.3 Å². The summed E-state index contributed by atoms with van der Waals surface area (Å²) in [5.74, 6) is -1.28. The Balaban J connectivity index is 2.43. The largest absolute Gasteiger partial charge is 0.481 e. The molecule has 0 saturated carbocycles. The third kappa shape index (κ3) is 2.41. The van der Waals surface area contributed by atoms with Crippen LogP contribution in [0, 0.1) is 0 Å². The maximum atomic E-state index is 12.3. The van der Waals surface area contributed by atoms with Crippen molar-refractivity contribution in [2.45, 2.75) is 12.5 Å². The lowest BCUT2D eigenvalue weighted by Gasteiger charge is -2.13. The Morgan fingerprint density at radius 2 is 2.55 bits per heavy atom. The van der Waals surface area contributed by atoms with Gasteiger partial charge in [0.1, 0.15) is 5.83 Å². The Morgan fingerprint density at radius 1 is 1.82 bits per heavy atom. The Hall–Kier alpha value is -1.32. The summed E-state index contributed by atoms with van der Waals surface area (Å²) in [6, 6.07) is -0.285. The number of rotatable bonds is 2. The summed E-state index contributed by atoms with van der Waals surface area (Å²) in [5, 5.41) is 10.9. The average Bonchev–Trinajstić information content (AvgIpc) is 1.93. The molecule has 0 spiro atoms. The van der Waals surface area contributed by atoms with Crippen LogP contribution in [0.3, 0.4) is 0 Å². The van der Waals surface area contributed by atoms with E-state index in [9.17, 15) is 9.18 Å². The smallest absolute Gasteiger partial charge is 0.305 e. The fourth-order valence-corrected chi connectivity index (χ4v) is 0.813. The van der Waals surface area contributed by atoms with E-state index in [1.165, 1.54) is 12.2 Å². The maximum absolute atomic E-state index is 12.3. The molecule has 1 aliphatic heterocycles. The van der Waals surface area contributed by atoms with Crippen molar-refractivity contribution in [3.05, 3.63) is 24.2 Å². The second-order valence-corrected chi connectivity index (χ2v) is 2.26. The van der Waals surface area contributed by atoms with Gasteiger partial charge in [0.15, 0.2) is 0 Å². The van der Waals surface area contributed by atoms with Crippen LogP contribution in [0.25, 0.3) is 0 Å². The number of halogens is 1. The zero-order valence-electron chi connectivity index (χ0n) is 5.75. The normalized spacial score (nSPS) is 22.3. The molecule has 11 heavy (non-hydrogen) atoms. The zero-order chi connectivity index (χ0) is 8.27. The van der Waals surface area contributed by atoms with Crippen LogP contribution in [0.1, 0.15) is 6.42 Å². The summed E-state index contributed by atoms with van der Waals surface area (Å²) in [6.07, 6.45) is 3.88. The van der Waals surface area contributed by atoms with Crippen LogP contribution in [0.4, 0.5) is 4.39 Å². The average molecular weight is 157 g/mol. The van der Waals surface area contributed by atoms with E-state index in [1.807, 2.05) is 0 Å². The molecule has 0 bridgehead atoms. The van der Waals surface area contributed by atoms with Gasteiger partial charge in [-0.05, 0) is 6.08 Å². The van der Waals surface area contributed by atoms with Gasteiger partial charge >= 0.3 is 5.97 Å². The van der Waals surface area contributed by atoms with Crippen molar-refractivity contribution in [3.8, 4) is 0 Å². The van der Waals surface area contributed by atoms with Crippen molar-refractivity contribution in [1.82, 2.24) is 5.32 Å². The number of nitrogens with one attached hydrogen (secondary N) is 1. The number of dihydropyridines is 1. The molecule has 0 aromatic heterocycles. The van der Waals surface area contributed by atoms with Crippen LogP contribution >= 0.6 is 0 Å². The van der Waals surface area contributed by atoms with Crippen molar-refractivity contribution in [3.63, 3.8) is 0 Å². The molecule has 4 heteroatoms. The molecule has 0 aromatic rings. The number of aliphatic carboxylic acids is 1.